The Labute approximate surface area is 511 Å². The number of hydrogen-bond acceptors (Lipinski definition) is 6. The van der Waals surface area contributed by atoms with Crippen molar-refractivity contribution in [2.24, 2.45) is 0 Å². The molecule has 0 aromatic carbocycles. The molecular formula is C77H124O6. The van der Waals surface area contributed by atoms with Crippen LogP contribution < -0.4 is 0 Å². The Hall–Kier alpha value is -4.97. The van der Waals surface area contributed by atoms with E-state index in [9.17, 15) is 14.4 Å². The zero-order valence-electron chi connectivity index (χ0n) is 53.7. The van der Waals surface area contributed by atoms with Crippen molar-refractivity contribution in [1.82, 2.24) is 0 Å². The van der Waals surface area contributed by atoms with Crippen LogP contribution in [0.3, 0.4) is 0 Å². The zero-order valence-corrected chi connectivity index (χ0v) is 53.7. The number of carbonyl (C=O) groups excluding carboxylic acids is 3. The van der Waals surface area contributed by atoms with Gasteiger partial charge >= 0.3 is 17.9 Å². The van der Waals surface area contributed by atoms with E-state index in [1.165, 1.54) is 109 Å². The largest absolute Gasteiger partial charge is 0.462 e. The Balaban J connectivity index is 4.42. The second-order valence-electron chi connectivity index (χ2n) is 22.0. The van der Waals surface area contributed by atoms with E-state index >= 15 is 0 Å². The quantitative estimate of drug-likeness (QED) is 0.0261. The summed E-state index contributed by atoms with van der Waals surface area (Å²) in [6, 6.07) is 0. The van der Waals surface area contributed by atoms with E-state index in [0.29, 0.717) is 19.3 Å². The third-order valence-electron chi connectivity index (χ3n) is 14.0. The van der Waals surface area contributed by atoms with Crippen LogP contribution in [0, 0.1) is 0 Å². The second-order valence-corrected chi connectivity index (χ2v) is 22.0. The Morgan fingerprint density at radius 2 is 0.482 bits per heavy atom. The first-order valence-corrected chi connectivity index (χ1v) is 34.0. The van der Waals surface area contributed by atoms with Gasteiger partial charge in [0.25, 0.3) is 0 Å². The fraction of sp³-hybridized carbons (Fsp3) is 0.623. The highest BCUT2D eigenvalue weighted by Crippen LogP contribution is 2.16. The lowest BCUT2D eigenvalue weighted by atomic mass is 10.0. The van der Waals surface area contributed by atoms with Crippen molar-refractivity contribution in [2.75, 3.05) is 13.2 Å². The topological polar surface area (TPSA) is 78.9 Å². The molecular weight excluding hydrogens is 1020 g/mol. The maximum Gasteiger partial charge on any atom is 0.306 e. The van der Waals surface area contributed by atoms with Crippen LogP contribution in [0.2, 0.25) is 0 Å². The van der Waals surface area contributed by atoms with Crippen LogP contribution in [-0.2, 0) is 28.6 Å². The molecule has 0 aliphatic heterocycles. The molecule has 0 aromatic heterocycles. The number of esters is 3. The fourth-order valence-electron chi connectivity index (χ4n) is 9.02. The molecule has 0 saturated carbocycles. The smallest absolute Gasteiger partial charge is 0.306 e. The van der Waals surface area contributed by atoms with Crippen LogP contribution in [0.25, 0.3) is 0 Å². The Morgan fingerprint density at radius 3 is 0.771 bits per heavy atom. The van der Waals surface area contributed by atoms with E-state index in [1.54, 1.807) is 0 Å². The van der Waals surface area contributed by atoms with Gasteiger partial charge in [-0.05, 0) is 122 Å². The summed E-state index contributed by atoms with van der Waals surface area (Å²) < 4.78 is 16.9. The third-order valence-corrected chi connectivity index (χ3v) is 14.0. The van der Waals surface area contributed by atoms with Gasteiger partial charge in [0, 0.05) is 19.3 Å². The van der Waals surface area contributed by atoms with E-state index < -0.39 is 6.10 Å². The molecule has 0 heterocycles. The summed E-state index contributed by atoms with van der Waals surface area (Å²) in [5.74, 6) is -0.968. The summed E-state index contributed by atoms with van der Waals surface area (Å²) in [6.07, 6.45) is 101. The SMILES string of the molecule is CC/C=C\C/C=C\C/C=C\C/C=C\C/C=C\C/C=C\C/C=C\CCCC(=O)OC(COC(=O)CCCCCCCCCCCC/C=C\C/C=C\C/C=C\C/C=C\C/C=C\C/C=C\CC)COC(=O)CCCCCCCCCCCCCCC. The van der Waals surface area contributed by atoms with Gasteiger partial charge in [0.2, 0.25) is 0 Å². The molecule has 1 unspecified atom stereocenters. The lowest BCUT2D eigenvalue weighted by molar-refractivity contribution is -0.167. The molecule has 0 fully saturated rings. The molecule has 468 valence electrons. The zero-order chi connectivity index (χ0) is 59.9. The van der Waals surface area contributed by atoms with Gasteiger partial charge in [0.1, 0.15) is 13.2 Å². The highest BCUT2D eigenvalue weighted by Gasteiger charge is 2.19. The molecule has 0 radical (unpaired) electrons. The molecule has 0 N–H and O–H groups in total. The number of allylic oxidation sites excluding steroid dienone is 26. The molecule has 0 aromatic rings. The van der Waals surface area contributed by atoms with Crippen molar-refractivity contribution >= 4 is 17.9 Å². The van der Waals surface area contributed by atoms with Crippen LogP contribution >= 0.6 is 0 Å². The Morgan fingerprint density at radius 1 is 0.253 bits per heavy atom. The molecule has 0 spiro atoms. The summed E-state index contributed by atoms with van der Waals surface area (Å²) in [7, 11) is 0. The summed E-state index contributed by atoms with van der Waals surface area (Å²) >= 11 is 0. The molecule has 0 saturated heterocycles. The van der Waals surface area contributed by atoms with Gasteiger partial charge in [0.15, 0.2) is 6.10 Å². The van der Waals surface area contributed by atoms with Gasteiger partial charge in [-0.2, -0.15) is 0 Å². The van der Waals surface area contributed by atoms with E-state index in [4.69, 9.17) is 14.2 Å². The minimum atomic E-state index is -0.817. The average Bonchev–Trinajstić information content (AvgIpc) is 3.48. The number of rotatable bonds is 60. The first-order chi connectivity index (χ1) is 41.0. The standard InChI is InChI=1S/C77H124O6/c1-4-7-10-13-16-19-22-25-27-29-31-33-35-36-37-38-39-40-42-43-45-47-49-52-55-58-61-64-67-70-76(79)82-73-74(72-81-75(78)69-66-63-60-57-54-51-24-21-18-15-12-9-6-3)83-77(80)71-68-65-62-59-56-53-50-48-46-44-41-34-32-30-28-26-23-20-17-14-11-8-5-2/h7-8,10-11,16-17,19-20,25-28,31-34,36-37,39-40,44,46,50,53,59,62,74H,4-6,9,12-15,18,21-24,29-30,35,38,41-43,45,47-49,51-52,54-58,60-61,63-73H2,1-3H3/b10-7-,11-8-,19-16-,20-17-,27-25-,28-26-,33-31-,34-32-,37-36-,40-39-,46-44-,53-50-,62-59-. The van der Waals surface area contributed by atoms with E-state index in [2.05, 4.69) is 179 Å². The van der Waals surface area contributed by atoms with Gasteiger partial charge < -0.3 is 14.2 Å². The first kappa shape index (κ1) is 78.0. The van der Waals surface area contributed by atoms with Crippen molar-refractivity contribution in [3.05, 3.63) is 158 Å². The monoisotopic (exact) mass is 1140 g/mol. The first-order valence-electron chi connectivity index (χ1n) is 34.0. The predicted octanol–water partition coefficient (Wildman–Crippen LogP) is 23.7. The molecule has 0 bridgehead atoms. The molecule has 6 heteroatoms. The van der Waals surface area contributed by atoms with Crippen LogP contribution in [0.1, 0.15) is 290 Å². The van der Waals surface area contributed by atoms with E-state index in [0.717, 1.165) is 135 Å². The average molecular weight is 1150 g/mol. The van der Waals surface area contributed by atoms with E-state index in [-0.39, 0.29) is 37.5 Å². The van der Waals surface area contributed by atoms with Crippen molar-refractivity contribution < 1.29 is 28.6 Å². The lowest BCUT2D eigenvalue weighted by Crippen LogP contribution is -2.30. The van der Waals surface area contributed by atoms with Crippen LogP contribution in [0.4, 0.5) is 0 Å². The maximum absolute atomic E-state index is 12.9. The third kappa shape index (κ3) is 67.7. The van der Waals surface area contributed by atoms with Gasteiger partial charge in [-0.1, -0.05) is 307 Å². The highest BCUT2D eigenvalue weighted by atomic mass is 16.6. The second kappa shape index (κ2) is 69.5. The number of hydrogen-bond donors (Lipinski definition) is 0. The molecule has 0 rings (SSSR count). The molecule has 6 nitrogen and oxygen atoms in total. The molecule has 1 atom stereocenters. The highest BCUT2D eigenvalue weighted by molar-refractivity contribution is 5.71. The van der Waals surface area contributed by atoms with Gasteiger partial charge in [-0.25, -0.2) is 0 Å². The predicted molar refractivity (Wildman–Crippen MR) is 362 cm³/mol. The maximum atomic E-state index is 12.9. The minimum Gasteiger partial charge on any atom is -0.462 e. The van der Waals surface area contributed by atoms with E-state index in [1.807, 2.05) is 0 Å². The van der Waals surface area contributed by atoms with Gasteiger partial charge in [-0.3, -0.25) is 14.4 Å². The lowest BCUT2D eigenvalue weighted by Gasteiger charge is -2.18. The van der Waals surface area contributed by atoms with Crippen molar-refractivity contribution in [3.8, 4) is 0 Å². The summed E-state index contributed by atoms with van der Waals surface area (Å²) in [5, 5.41) is 0. The number of carbonyl (C=O) groups is 3. The Kier molecular flexibility index (Phi) is 65.4. The summed E-state index contributed by atoms with van der Waals surface area (Å²) in [5.41, 5.74) is 0. The van der Waals surface area contributed by atoms with Crippen LogP contribution in [0.15, 0.2) is 158 Å². The molecule has 0 aliphatic carbocycles. The molecule has 0 aliphatic rings. The van der Waals surface area contributed by atoms with Gasteiger partial charge in [0.05, 0.1) is 0 Å². The van der Waals surface area contributed by atoms with Crippen molar-refractivity contribution in [3.63, 3.8) is 0 Å². The number of unbranched alkanes of at least 4 members (excludes halogenated alkanes) is 23. The summed E-state index contributed by atoms with van der Waals surface area (Å²) in [4.78, 5) is 38.4. The molecule has 0 amide bonds. The molecule has 83 heavy (non-hydrogen) atoms. The van der Waals surface area contributed by atoms with Crippen LogP contribution in [0.5, 0.6) is 0 Å². The van der Waals surface area contributed by atoms with Crippen LogP contribution in [-0.4, -0.2) is 37.2 Å². The van der Waals surface area contributed by atoms with Crippen molar-refractivity contribution in [1.29, 1.82) is 0 Å². The Bertz CT molecular complexity index is 1840. The van der Waals surface area contributed by atoms with Crippen molar-refractivity contribution in [2.45, 2.75) is 297 Å². The number of ether oxygens (including phenoxy) is 3. The van der Waals surface area contributed by atoms with Gasteiger partial charge in [-0.15, -0.1) is 0 Å². The minimum absolute atomic E-state index is 0.106. The fourth-order valence-corrected chi connectivity index (χ4v) is 9.02. The summed E-state index contributed by atoms with van der Waals surface area (Å²) in [6.45, 7) is 6.37. The normalized spacial score (nSPS) is 13.1.